The van der Waals surface area contributed by atoms with Crippen molar-refractivity contribution in [2.75, 3.05) is 19.8 Å². The topological polar surface area (TPSA) is 93.7 Å². The van der Waals surface area contributed by atoms with Crippen LogP contribution in [0.4, 0.5) is 0 Å². The number of carbonyl (C=O) groups is 1. The standard InChI is InChI=1S/C24H36N2O5S/c27-15-16-30-24-9-2-1-7-21(24)18-10-12-19(13-11-18)31-17-23-22(8-4-14-25-23)26-32(28,29)20-5-3-6-20/h1-2,7,9,15,18-20,22-23,25-26H,3-6,8,10-14,16-17H2/t18-,19+,22-,23-/m0/s1. The highest BCUT2D eigenvalue weighted by atomic mass is 32.2. The van der Waals surface area contributed by atoms with E-state index in [1.165, 1.54) is 5.56 Å². The van der Waals surface area contributed by atoms with Gasteiger partial charge in [-0.25, -0.2) is 13.1 Å². The van der Waals surface area contributed by atoms with E-state index in [9.17, 15) is 13.2 Å². The normalized spacial score (nSPS) is 29.2. The third-order valence-electron chi connectivity index (χ3n) is 7.24. The number of hydrogen-bond donors (Lipinski definition) is 2. The van der Waals surface area contributed by atoms with Crippen LogP contribution >= 0.6 is 0 Å². The van der Waals surface area contributed by atoms with E-state index in [2.05, 4.69) is 16.1 Å². The van der Waals surface area contributed by atoms with Crippen LogP contribution in [0.25, 0.3) is 0 Å². The molecule has 1 aromatic rings. The van der Waals surface area contributed by atoms with Crippen LogP contribution in [0, 0.1) is 0 Å². The largest absolute Gasteiger partial charge is 0.486 e. The van der Waals surface area contributed by atoms with Gasteiger partial charge in [0.2, 0.25) is 10.0 Å². The third kappa shape index (κ3) is 5.90. The Morgan fingerprint density at radius 1 is 1.03 bits per heavy atom. The van der Waals surface area contributed by atoms with E-state index >= 15 is 0 Å². The van der Waals surface area contributed by atoms with E-state index in [0.717, 1.165) is 76.4 Å². The van der Waals surface area contributed by atoms with Gasteiger partial charge in [0, 0.05) is 12.1 Å². The maximum Gasteiger partial charge on any atom is 0.214 e. The average Bonchev–Trinajstić information content (AvgIpc) is 2.76. The minimum Gasteiger partial charge on any atom is -0.486 e. The summed E-state index contributed by atoms with van der Waals surface area (Å²) in [5, 5.41) is 3.26. The van der Waals surface area contributed by atoms with Gasteiger partial charge in [-0.3, -0.25) is 4.79 Å². The van der Waals surface area contributed by atoms with E-state index in [1.54, 1.807) is 0 Å². The first kappa shape index (κ1) is 23.7. The van der Waals surface area contributed by atoms with Crippen LogP contribution in [0.2, 0.25) is 0 Å². The highest BCUT2D eigenvalue weighted by molar-refractivity contribution is 7.90. The molecule has 2 N–H and O–H groups in total. The third-order valence-corrected chi connectivity index (χ3v) is 9.22. The lowest BCUT2D eigenvalue weighted by Gasteiger charge is -2.37. The quantitative estimate of drug-likeness (QED) is 0.517. The van der Waals surface area contributed by atoms with Gasteiger partial charge in [0.1, 0.15) is 12.4 Å². The number of ether oxygens (including phenoxy) is 2. The lowest BCUT2D eigenvalue weighted by molar-refractivity contribution is -0.109. The second kappa shape index (κ2) is 11.1. The second-order valence-corrected chi connectivity index (χ2v) is 11.3. The molecule has 1 aromatic carbocycles. The van der Waals surface area contributed by atoms with E-state index in [0.29, 0.717) is 12.5 Å². The Bertz CT molecular complexity index is 850. The Kier molecular flexibility index (Phi) is 8.21. The van der Waals surface area contributed by atoms with Crippen molar-refractivity contribution in [2.24, 2.45) is 0 Å². The number of nitrogens with one attached hydrogen (secondary N) is 2. The van der Waals surface area contributed by atoms with Gasteiger partial charge in [-0.05, 0) is 75.5 Å². The van der Waals surface area contributed by atoms with Gasteiger partial charge < -0.3 is 14.8 Å². The molecule has 8 heteroatoms. The maximum absolute atomic E-state index is 12.6. The first-order valence-electron chi connectivity index (χ1n) is 12.1. The first-order valence-corrected chi connectivity index (χ1v) is 13.6. The van der Waals surface area contributed by atoms with E-state index in [1.807, 2.05) is 18.2 Å². The van der Waals surface area contributed by atoms with Gasteiger partial charge in [0.25, 0.3) is 0 Å². The molecule has 0 radical (unpaired) electrons. The molecule has 32 heavy (non-hydrogen) atoms. The molecule has 1 aliphatic heterocycles. The predicted molar refractivity (Wildman–Crippen MR) is 123 cm³/mol. The molecule has 1 saturated heterocycles. The van der Waals surface area contributed by atoms with Crippen LogP contribution in [-0.2, 0) is 19.6 Å². The summed E-state index contributed by atoms with van der Waals surface area (Å²) in [4.78, 5) is 10.7. The van der Waals surface area contributed by atoms with Gasteiger partial charge in [0.05, 0.1) is 18.0 Å². The maximum atomic E-state index is 12.6. The van der Waals surface area contributed by atoms with Crippen molar-refractivity contribution in [1.82, 2.24) is 10.0 Å². The molecular formula is C24H36N2O5S. The number of aldehydes is 1. The van der Waals surface area contributed by atoms with Crippen molar-refractivity contribution in [1.29, 1.82) is 0 Å². The van der Waals surface area contributed by atoms with Crippen LogP contribution in [0.3, 0.4) is 0 Å². The Morgan fingerprint density at radius 3 is 2.53 bits per heavy atom. The van der Waals surface area contributed by atoms with Gasteiger partial charge in [-0.1, -0.05) is 24.6 Å². The van der Waals surface area contributed by atoms with Gasteiger partial charge >= 0.3 is 0 Å². The number of carbonyl (C=O) groups excluding carboxylic acids is 1. The average molecular weight is 465 g/mol. The molecule has 178 valence electrons. The zero-order valence-corrected chi connectivity index (χ0v) is 19.5. The zero-order chi connectivity index (χ0) is 22.4. The monoisotopic (exact) mass is 464 g/mol. The fourth-order valence-electron chi connectivity index (χ4n) is 5.11. The predicted octanol–water partition coefficient (Wildman–Crippen LogP) is 2.90. The van der Waals surface area contributed by atoms with E-state index in [-0.39, 0.29) is 30.0 Å². The molecule has 4 rings (SSSR count). The SMILES string of the molecule is O=CCOc1ccccc1[C@H]1CC[C@@H](OC[C@@H]2NCCC[C@@H]2NS(=O)(=O)C2CCC2)CC1. The molecule has 1 heterocycles. The summed E-state index contributed by atoms with van der Waals surface area (Å²) < 4.78 is 40.0. The van der Waals surface area contributed by atoms with Crippen molar-refractivity contribution < 1.29 is 22.7 Å². The highest BCUT2D eigenvalue weighted by Gasteiger charge is 2.36. The van der Waals surface area contributed by atoms with Crippen molar-refractivity contribution in [2.45, 2.75) is 87.1 Å². The molecule has 2 saturated carbocycles. The van der Waals surface area contributed by atoms with Gasteiger partial charge in [-0.15, -0.1) is 0 Å². The van der Waals surface area contributed by atoms with Crippen molar-refractivity contribution in [3.8, 4) is 5.75 Å². The summed E-state index contributed by atoms with van der Waals surface area (Å²) in [6.45, 7) is 1.52. The van der Waals surface area contributed by atoms with Crippen LogP contribution in [-0.4, -0.2) is 57.9 Å². The minimum atomic E-state index is -3.23. The first-order chi connectivity index (χ1) is 15.6. The molecule has 0 amide bonds. The van der Waals surface area contributed by atoms with Gasteiger partial charge in [-0.2, -0.15) is 0 Å². The molecule has 3 aliphatic rings. The Morgan fingerprint density at radius 2 is 1.81 bits per heavy atom. The van der Waals surface area contributed by atoms with Crippen LogP contribution in [0.1, 0.15) is 69.3 Å². The molecule has 3 fully saturated rings. The Labute approximate surface area is 191 Å². The van der Waals surface area contributed by atoms with Crippen LogP contribution in [0.5, 0.6) is 5.75 Å². The zero-order valence-electron chi connectivity index (χ0n) is 18.7. The molecule has 0 bridgehead atoms. The van der Waals surface area contributed by atoms with Gasteiger partial charge in [0.15, 0.2) is 6.29 Å². The molecule has 0 spiro atoms. The van der Waals surface area contributed by atoms with Crippen LogP contribution in [0.15, 0.2) is 24.3 Å². The van der Waals surface area contributed by atoms with E-state index in [4.69, 9.17) is 9.47 Å². The number of benzene rings is 1. The highest BCUT2D eigenvalue weighted by Crippen LogP contribution is 2.38. The molecule has 0 aromatic heterocycles. The molecule has 7 nitrogen and oxygen atoms in total. The summed E-state index contributed by atoms with van der Waals surface area (Å²) >= 11 is 0. The van der Waals surface area contributed by atoms with Crippen molar-refractivity contribution in [3.05, 3.63) is 29.8 Å². The lowest BCUT2D eigenvalue weighted by Crippen LogP contribution is -2.57. The summed E-state index contributed by atoms with van der Waals surface area (Å²) in [7, 11) is -3.23. The Hall–Kier alpha value is -1.48. The minimum absolute atomic E-state index is 0.0220. The number of sulfonamides is 1. The van der Waals surface area contributed by atoms with Crippen molar-refractivity contribution >= 4 is 16.3 Å². The number of para-hydroxylation sites is 1. The number of piperidine rings is 1. The van der Waals surface area contributed by atoms with E-state index < -0.39 is 10.0 Å². The molecular weight excluding hydrogens is 428 g/mol. The summed E-state index contributed by atoms with van der Waals surface area (Å²) in [6, 6.07) is 7.91. The molecule has 0 unspecified atom stereocenters. The summed E-state index contributed by atoms with van der Waals surface area (Å²) in [5.41, 5.74) is 1.17. The second-order valence-electron chi connectivity index (χ2n) is 9.35. The summed E-state index contributed by atoms with van der Waals surface area (Å²) in [5.74, 6) is 1.21. The molecule has 2 aliphatic carbocycles. The van der Waals surface area contributed by atoms with Crippen LogP contribution < -0.4 is 14.8 Å². The number of rotatable bonds is 10. The lowest BCUT2D eigenvalue weighted by atomic mass is 9.82. The smallest absolute Gasteiger partial charge is 0.214 e. The molecule has 2 atom stereocenters. The summed E-state index contributed by atoms with van der Waals surface area (Å²) in [6.07, 6.45) is 9.36. The number of hydrogen-bond acceptors (Lipinski definition) is 6. The van der Waals surface area contributed by atoms with Crippen molar-refractivity contribution in [3.63, 3.8) is 0 Å². The Balaban J connectivity index is 1.26. The fourth-order valence-corrected chi connectivity index (χ4v) is 6.96. The fraction of sp³-hybridized carbons (Fsp3) is 0.708.